The van der Waals surface area contributed by atoms with Crippen LogP contribution in [0.3, 0.4) is 0 Å². The fourth-order valence-corrected chi connectivity index (χ4v) is 2.42. The third-order valence-electron chi connectivity index (χ3n) is 3.26. The van der Waals surface area contributed by atoms with Gasteiger partial charge in [0.05, 0.1) is 0 Å². The van der Waals surface area contributed by atoms with Crippen LogP contribution in [0.1, 0.15) is 31.7 Å². The van der Waals surface area contributed by atoms with Crippen LogP contribution in [0, 0.1) is 5.82 Å². The summed E-state index contributed by atoms with van der Waals surface area (Å²) in [5.41, 5.74) is 2.68. The van der Waals surface area contributed by atoms with Gasteiger partial charge in [-0.15, -0.1) is 0 Å². The van der Waals surface area contributed by atoms with Crippen LogP contribution in [0.15, 0.2) is 46.9 Å². The van der Waals surface area contributed by atoms with Gasteiger partial charge in [0.25, 0.3) is 0 Å². The molecule has 0 N–H and O–H groups in total. The molecule has 0 amide bonds. The molecule has 0 fully saturated rings. The molecule has 2 aromatic carbocycles. The molecule has 0 spiro atoms. The minimum absolute atomic E-state index is 0.128. The van der Waals surface area contributed by atoms with E-state index in [9.17, 15) is 4.39 Å². The molecule has 0 saturated carbocycles. The van der Waals surface area contributed by atoms with Gasteiger partial charge in [0, 0.05) is 10.0 Å². The first kappa shape index (κ1) is 14.3. The zero-order valence-electron chi connectivity index (χ0n) is 11.1. The third kappa shape index (κ3) is 3.90. The van der Waals surface area contributed by atoms with Crippen LogP contribution >= 0.6 is 15.9 Å². The van der Waals surface area contributed by atoms with Gasteiger partial charge in [-0.05, 0) is 42.2 Å². The highest BCUT2D eigenvalue weighted by Crippen LogP contribution is 2.25. The molecule has 0 saturated heterocycles. The van der Waals surface area contributed by atoms with E-state index in [2.05, 4.69) is 22.9 Å². The molecule has 0 radical (unpaired) electrons. The van der Waals surface area contributed by atoms with Crippen molar-refractivity contribution in [1.29, 1.82) is 0 Å². The average Bonchev–Trinajstić information content (AvgIpc) is 2.41. The topological polar surface area (TPSA) is 0 Å². The fraction of sp³-hybridized carbons (Fsp3) is 0.294. The van der Waals surface area contributed by atoms with Crippen molar-refractivity contribution in [3.63, 3.8) is 0 Å². The first-order valence-electron chi connectivity index (χ1n) is 6.75. The van der Waals surface area contributed by atoms with E-state index in [1.54, 1.807) is 6.07 Å². The van der Waals surface area contributed by atoms with E-state index in [-0.39, 0.29) is 5.82 Å². The number of aryl methyl sites for hydroxylation is 1. The van der Waals surface area contributed by atoms with Gasteiger partial charge in [0.1, 0.15) is 5.82 Å². The summed E-state index contributed by atoms with van der Waals surface area (Å²) in [6.45, 7) is 2.18. The Labute approximate surface area is 122 Å². The smallest absolute Gasteiger partial charge is 0.131 e. The monoisotopic (exact) mass is 320 g/mol. The van der Waals surface area contributed by atoms with E-state index in [0.717, 1.165) is 28.4 Å². The molecule has 0 aliphatic rings. The maximum Gasteiger partial charge on any atom is 0.131 e. The van der Waals surface area contributed by atoms with Gasteiger partial charge in [-0.3, -0.25) is 0 Å². The average molecular weight is 321 g/mol. The lowest BCUT2D eigenvalue weighted by atomic mass is 10.0. The van der Waals surface area contributed by atoms with Gasteiger partial charge in [-0.1, -0.05) is 60.0 Å². The summed E-state index contributed by atoms with van der Waals surface area (Å²) in [6.07, 6.45) is 4.49. The SMILES string of the molecule is CCCCCc1ccc(-c2ccc(Br)cc2)c(F)c1. The quantitative estimate of drug-likeness (QED) is 0.594. The van der Waals surface area contributed by atoms with Crippen LogP contribution in [-0.2, 0) is 6.42 Å². The van der Waals surface area contributed by atoms with Crippen molar-refractivity contribution in [2.24, 2.45) is 0 Å². The van der Waals surface area contributed by atoms with Crippen molar-refractivity contribution in [1.82, 2.24) is 0 Å². The number of hydrogen-bond acceptors (Lipinski definition) is 0. The lowest BCUT2D eigenvalue weighted by Gasteiger charge is -2.07. The highest BCUT2D eigenvalue weighted by atomic mass is 79.9. The lowest BCUT2D eigenvalue weighted by Crippen LogP contribution is -1.90. The van der Waals surface area contributed by atoms with Gasteiger partial charge in [-0.2, -0.15) is 0 Å². The van der Waals surface area contributed by atoms with E-state index in [4.69, 9.17) is 0 Å². The number of hydrogen-bond donors (Lipinski definition) is 0. The summed E-state index contributed by atoms with van der Waals surface area (Å²) in [6, 6.07) is 13.3. The van der Waals surface area contributed by atoms with E-state index in [1.807, 2.05) is 36.4 Å². The third-order valence-corrected chi connectivity index (χ3v) is 3.79. The van der Waals surface area contributed by atoms with Gasteiger partial charge >= 0.3 is 0 Å². The Morgan fingerprint density at radius 1 is 1.00 bits per heavy atom. The molecule has 2 aromatic rings. The Hall–Kier alpha value is -1.15. The number of benzene rings is 2. The summed E-state index contributed by atoms with van der Waals surface area (Å²) in [5.74, 6) is -0.128. The highest BCUT2D eigenvalue weighted by molar-refractivity contribution is 9.10. The Bertz CT molecular complexity index is 531. The second kappa shape index (κ2) is 6.85. The lowest BCUT2D eigenvalue weighted by molar-refractivity contribution is 0.626. The van der Waals surface area contributed by atoms with Crippen LogP contribution < -0.4 is 0 Å². The molecule has 2 heteroatoms. The van der Waals surface area contributed by atoms with Crippen LogP contribution in [0.4, 0.5) is 4.39 Å². The normalized spacial score (nSPS) is 10.7. The first-order valence-corrected chi connectivity index (χ1v) is 7.54. The second-order valence-corrected chi connectivity index (χ2v) is 5.69. The van der Waals surface area contributed by atoms with Crippen molar-refractivity contribution in [3.05, 3.63) is 58.3 Å². The first-order chi connectivity index (χ1) is 9.20. The van der Waals surface area contributed by atoms with Gasteiger partial charge in [0.15, 0.2) is 0 Å². The molecule has 0 unspecified atom stereocenters. The molecule has 0 aliphatic heterocycles. The van der Waals surface area contributed by atoms with Crippen LogP contribution in [-0.4, -0.2) is 0 Å². The minimum Gasteiger partial charge on any atom is -0.206 e. The summed E-state index contributed by atoms with van der Waals surface area (Å²) < 4.78 is 15.1. The van der Waals surface area contributed by atoms with E-state index in [1.165, 1.54) is 12.8 Å². The zero-order chi connectivity index (χ0) is 13.7. The summed E-state index contributed by atoms with van der Waals surface area (Å²) >= 11 is 3.39. The maximum atomic E-state index is 14.1. The molecule has 0 atom stereocenters. The largest absolute Gasteiger partial charge is 0.206 e. The van der Waals surface area contributed by atoms with Crippen molar-refractivity contribution >= 4 is 15.9 Å². The Morgan fingerprint density at radius 2 is 1.74 bits per heavy atom. The summed E-state index contributed by atoms with van der Waals surface area (Å²) in [5, 5.41) is 0. The van der Waals surface area contributed by atoms with Gasteiger partial charge in [-0.25, -0.2) is 4.39 Å². The minimum atomic E-state index is -0.128. The molecule has 2 rings (SSSR count). The molecule has 100 valence electrons. The Balaban J connectivity index is 2.17. The number of halogens is 2. The van der Waals surface area contributed by atoms with Crippen LogP contribution in [0.25, 0.3) is 11.1 Å². The molecule has 19 heavy (non-hydrogen) atoms. The molecule has 0 heterocycles. The predicted octanol–water partition coefficient (Wildman–Crippen LogP) is 5.99. The van der Waals surface area contributed by atoms with E-state index < -0.39 is 0 Å². The molecule has 0 nitrogen and oxygen atoms in total. The van der Waals surface area contributed by atoms with Crippen molar-refractivity contribution in [2.45, 2.75) is 32.6 Å². The fourth-order valence-electron chi connectivity index (χ4n) is 2.16. The predicted molar refractivity (Wildman–Crippen MR) is 82.8 cm³/mol. The van der Waals surface area contributed by atoms with Crippen molar-refractivity contribution < 1.29 is 4.39 Å². The standard InChI is InChI=1S/C17H18BrF/c1-2-3-4-5-13-6-11-16(17(19)12-13)14-7-9-15(18)10-8-14/h6-12H,2-5H2,1H3. The molecular formula is C17H18BrF. The Kier molecular flexibility index (Phi) is 5.15. The van der Waals surface area contributed by atoms with Crippen LogP contribution in [0.2, 0.25) is 0 Å². The van der Waals surface area contributed by atoms with Gasteiger partial charge < -0.3 is 0 Å². The molecular weight excluding hydrogens is 303 g/mol. The molecule has 0 bridgehead atoms. The van der Waals surface area contributed by atoms with E-state index in [0.29, 0.717) is 5.56 Å². The maximum absolute atomic E-state index is 14.1. The van der Waals surface area contributed by atoms with Crippen LogP contribution in [0.5, 0.6) is 0 Å². The summed E-state index contributed by atoms with van der Waals surface area (Å²) in [7, 11) is 0. The highest BCUT2D eigenvalue weighted by Gasteiger charge is 2.06. The van der Waals surface area contributed by atoms with Gasteiger partial charge in [0.2, 0.25) is 0 Å². The summed E-state index contributed by atoms with van der Waals surface area (Å²) in [4.78, 5) is 0. The number of unbranched alkanes of at least 4 members (excludes halogenated alkanes) is 2. The van der Waals surface area contributed by atoms with E-state index >= 15 is 0 Å². The number of rotatable bonds is 5. The Morgan fingerprint density at radius 3 is 2.37 bits per heavy atom. The molecule has 0 aromatic heterocycles. The molecule has 0 aliphatic carbocycles. The second-order valence-electron chi connectivity index (χ2n) is 4.78. The van der Waals surface area contributed by atoms with Crippen molar-refractivity contribution in [3.8, 4) is 11.1 Å². The van der Waals surface area contributed by atoms with Crippen molar-refractivity contribution in [2.75, 3.05) is 0 Å². The zero-order valence-corrected chi connectivity index (χ0v) is 12.7.